The molecule has 0 saturated carbocycles. The quantitative estimate of drug-likeness (QED) is 0.588. The Labute approximate surface area is 183 Å². The van der Waals surface area contributed by atoms with E-state index in [1.54, 1.807) is 0 Å². The monoisotopic (exact) mass is 444 g/mol. The third kappa shape index (κ3) is 4.87. The van der Waals surface area contributed by atoms with E-state index < -0.39 is 24.5 Å². The topological polar surface area (TPSA) is 65.8 Å². The molecule has 0 bridgehead atoms. The third-order valence-electron chi connectivity index (χ3n) is 5.50. The Hall–Kier alpha value is -3.10. The van der Waals surface area contributed by atoms with Crippen LogP contribution in [0.5, 0.6) is 5.88 Å². The molecule has 0 spiro atoms. The van der Waals surface area contributed by atoms with E-state index in [1.165, 1.54) is 6.07 Å². The minimum Gasteiger partial charge on any atom is -0.472 e. The molecule has 4 rings (SSSR count). The molecule has 2 atom stereocenters. The largest absolute Gasteiger partial charge is 0.472 e. The van der Waals surface area contributed by atoms with Crippen molar-refractivity contribution < 1.29 is 28.1 Å². The fourth-order valence-electron chi connectivity index (χ4n) is 3.85. The molecule has 1 fully saturated rings. The van der Waals surface area contributed by atoms with Crippen molar-refractivity contribution in [2.45, 2.75) is 24.8 Å². The Morgan fingerprint density at radius 2 is 1.84 bits per heavy atom. The van der Waals surface area contributed by atoms with Crippen molar-refractivity contribution in [2.75, 3.05) is 24.6 Å². The van der Waals surface area contributed by atoms with Crippen LogP contribution < -0.4 is 9.64 Å². The van der Waals surface area contributed by atoms with Crippen molar-refractivity contribution in [2.24, 2.45) is 0 Å². The summed E-state index contributed by atoms with van der Waals surface area (Å²) in [7, 11) is 0. The molecule has 0 amide bonds. The minimum absolute atomic E-state index is 0.139. The summed E-state index contributed by atoms with van der Waals surface area (Å²) < 4.78 is 43.9. The zero-order chi connectivity index (χ0) is 22.7. The molecule has 1 saturated heterocycles. The number of anilines is 1. The Bertz CT molecular complexity index is 1040. The summed E-state index contributed by atoms with van der Waals surface area (Å²) in [4.78, 5) is 5.82. The van der Waals surface area contributed by atoms with Crippen LogP contribution in [0, 0.1) is 0 Å². The van der Waals surface area contributed by atoms with Gasteiger partial charge in [0.25, 0.3) is 0 Å². The van der Waals surface area contributed by atoms with Crippen LogP contribution in [0.4, 0.5) is 18.9 Å². The first-order chi connectivity index (χ1) is 15.3. The molecule has 168 valence electrons. The van der Waals surface area contributed by atoms with Gasteiger partial charge in [0, 0.05) is 36.5 Å². The summed E-state index contributed by atoms with van der Waals surface area (Å²) in [6.07, 6.45) is -4.32. The number of aliphatic hydroxyl groups is 2. The fraction of sp³-hybridized carbons (Fsp3) is 0.292. The second kappa shape index (κ2) is 9.18. The van der Waals surface area contributed by atoms with Gasteiger partial charge >= 0.3 is 6.18 Å². The van der Waals surface area contributed by atoms with Crippen molar-refractivity contribution in [3.05, 3.63) is 78.0 Å². The average molecular weight is 444 g/mol. The molecule has 1 aliphatic heterocycles. The van der Waals surface area contributed by atoms with Crippen LogP contribution in [0.15, 0.2) is 66.9 Å². The number of aromatic nitrogens is 1. The fourth-order valence-corrected chi connectivity index (χ4v) is 3.85. The predicted octanol–water partition coefficient (Wildman–Crippen LogP) is 4.45. The van der Waals surface area contributed by atoms with Crippen LogP contribution in [0.1, 0.15) is 23.7 Å². The van der Waals surface area contributed by atoms with Crippen molar-refractivity contribution in [3.8, 4) is 17.0 Å². The van der Waals surface area contributed by atoms with Crippen LogP contribution in [0.25, 0.3) is 11.1 Å². The molecule has 1 aromatic heterocycles. The molecule has 0 aliphatic carbocycles. The maximum Gasteiger partial charge on any atom is 0.417 e. The highest BCUT2D eigenvalue weighted by Gasteiger charge is 2.31. The average Bonchev–Trinajstić information content (AvgIpc) is 3.26. The summed E-state index contributed by atoms with van der Waals surface area (Å²) in [5.41, 5.74) is 2.51. The molecular weight excluding hydrogens is 421 g/mol. The zero-order valence-electron chi connectivity index (χ0n) is 17.2. The minimum atomic E-state index is -4.44. The Kier molecular flexibility index (Phi) is 6.34. The SMILES string of the molecule is OCC(O)c1cc(-c2ccccc2)ccc1N1CC[C@H](Oc2ccc(C(F)(F)F)cn2)C1. The first kappa shape index (κ1) is 22.1. The second-order valence-corrected chi connectivity index (χ2v) is 7.70. The number of ether oxygens (including phenoxy) is 1. The van der Waals surface area contributed by atoms with Gasteiger partial charge < -0.3 is 19.8 Å². The van der Waals surface area contributed by atoms with Crippen LogP contribution in [-0.4, -0.2) is 41.0 Å². The van der Waals surface area contributed by atoms with E-state index in [1.807, 2.05) is 53.4 Å². The number of alkyl halides is 3. The molecule has 1 unspecified atom stereocenters. The van der Waals surface area contributed by atoms with Crippen molar-refractivity contribution in [3.63, 3.8) is 0 Å². The maximum atomic E-state index is 12.7. The van der Waals surface area contributed by atoms with E-state index in [9.17, 15) is 23.4 Å². The van der Waals surface area contributed by atoms with Crippen LogP contribution in [0.3, 0.4) is 0 Å². The lowest BCUT2D eigenvalue weighted by atomic mass is 9.98. The highest BCUT2D eigenvalue weighted by Crippen LogP contribution is 2.34. The Balaban J connectivity index is 1.50. The molecule has 8 heteroatoms. The summed E-state index contributed by atoms with van der Waals surface area (Å²) >= 11 is 0. The van der Waals surface area contributed by atoms with E-state index in [0.29, 0.717) is 25.1 Å². The number of hydrogen-bond acceptors (Lipinski definition) is 5. The van der Waals surface area contributed by atoms with Crippen LogP contribution in [-0.2, 0) is 6.18 Å². The summed E-state index contributed by atoms with van der Waals surface area (Å²) in [6.45, 7) is 0.716. The number of benzene rings is 2. The Morgan fingerprint density at radius 3 is 2.50 bits per heavy atom. The van der Waals surface area contributed by atoms with Crippen molar-refractivity contribution in [1.29, 1.82) is 0 Å². The standard InChI is InChI=1S/C24H23F3N2O3/c25-24(26,27)18-7-9-23(28-13-18)32-19-10-11-29(14-19)21-8-6-17(12-20(21)22(31)15-30)16-4-2-1-3-5-16/h1-9,12-13,19,22,30-31H,10-11,14-15H2/t19-,22?/m0/s1. The molecule has 0 radical (unpaired) electrons. The molecule has 2 aromatic carbocycles. The maximum absolute atomic E-state index is 12.7. The molecular formula is C24H23F3N2O3. The van der Waals surface area contributed by atoms with Gasteiger partial charge in [-0.1, -0.05) is 36.4 Å². The molecule has 5 nitrogen and oxygen atoms in total. The predicted molar refractivity (Wildman–Crippen MR) is 114 cm³/mol. The lowest BCUT2D eigenvalue weighted by molar-refractivity contribution is -0.137. The lowest BCUT2D eigenvalue weighted by Gasteiger charge is -2.24. The van der Waals surface area contributed by atoms with E-state index in [2.05, 4.69) is 4.98 Å². The van der Waals surface area contributed by atoms with Crippen molar-refractivity contribution >= 4 is 5.69 Å². The summed E-state index contributed by atoms with van der Waals surface area (Å²) in [6, 6.07) is 17.7. The number of pyridine rings is 1. The number of hydrogen-bond donors (Lipinski definition) is 2. The van der Waals surface area contributed by atoms with Crippen LogP contribution in [0.2, 0.25) is 0 Å². The summed E-state index contributed by atoms with van der Waals surface area (Å²) in [5.74, 6) is 0.139. The van der Waals surface area contributed by atoms with E-state index >= 15 is 0 Å². The van der Waals surface area contributed by atoms with E-state index in [4.69, 9.17) is 4.74 Å². The molecule has 32 heavy (non-hydrogen) atoms. The van der Waals surface area contributed by atoms with Gasteiger partial charge in [0.2, 0.25) is 5.88 Å². The number of aliphatic hydroxyl groups excluding tert-OH is 2. The highest BCUT2D eigenvalue weighted by molar-refractivity contribution is 5.69. The molecule has 2 heterocycles. The molecule has 3 aromatic rings. The van der Waals surface area contributed by atoms with Gasteiger partial charge in [-0.05, 0) is 29.3 Å². The zero-order valence-corrected chi connectivity index (χ0v) is 17.2. The van der Waals surface area contributed by atoms with Gasteiger partial charge in [-0.25, -0.2) is 4.98 Å². The normalized spacial score (nSPS) is 17.4. The third-order valence-corrected chi connectivity index (χ3v) is 5.50. The van der Waals surface area contributed by atoms with Crippen molar-refractivity contribution in [1.82, 2.24) is 4.98 Å². The smallest absolute Gasteiger partial charge is 0.417 e. The van der Waals surface area contributed by atoms with Gasteiger partial charge in [0.15, 0.2) is 0 Å². The van der Waals surface area contributed by atoms with Gasteiger partial charge in [-0.3, -0.25) is 0 Å². The van der Waals surface area contributed by atoms with Gasteiger partial charge in [-0.2, -0.15) is 13.2 Å². The highest BCUT2D eigenvalue weighted by atomic mass is 19.4. The Morgan fingerprint density at radius 1 is 1.06 bits per heavy atom. The lowest BCUT2D eigenvalue weighted by Crippen LogP contribution is -2.26. The van der Waals surface area contributed by atoms with Gasteiger partial charge in [-0.15, -0.1) is 0 Å². The molecule has 2 N–H and O–H groups in total. The van der Waals surface area contributed by atoms with E-state index in [-0.39, 0.29) is 12.0 Å². The first-order valence-electron chi connectivity index (χ1n) is 10.3. The molecule has 1 aliphatic rings. The number of halogens is 3. The first-order valence-corrected chi connectivity index (χ1v) is 10.3. The van der Waals surface area contributed by atoms with Crippen LogP contribution >= 0.6 is 0 Å². The van der Waals surface area contributed by atoms with Gasteiger partial charge in [0.05, 0.1) is 18.7 Å². The number of nitrogens with zero attached hydrogens (tertiary/aromatic N) is 2. The summed E-state index contributed by atoms with van der Waals surface area (Å²) in [5, 5.41) is 20.0. The number of rotatable bonds is 6. The second-order valence-electron chi connectivity index (χ2n) is 7.70. The van der Waals surface area contributed by atoms with E-state index in [0.717, 1.165) is 29.1 Å². The van der Waals surface area contributed by atoms with Gasteiger partial charge in [0.1, 0.15) is 12.2 Å².